The van der Waals surface area contributed by atoms with E-state index in [1.807, 2.05) is 17.3 Å². The summed E-state index contributed by atoms with van der Waals surface area (Å²) in [6.07, 6.45) is 9.51. The van der Waals surface area contributed by atoms with Crippen LogP contribution in [0, 0.1) is 6.92 Å². The molecule has 0 aliphatic carbocycles. The molecule has 1 saturated heterocycles. The zero-order chi connectivity index (χ0) is 21.7. The molecule has 6 rings (SSSR count). The number of amides is 2. The fraction of sp³-hybridized carbons (Fsp3) is 0.292. The number of aromatic nitrogens is 4. The number of rotatable bonds is 3. The van der Waals surface area contributed by atoms with Crippen LogP contribution in [-0.2, 0) is 13.1 Å². The van der Waals surface area contributed by atoms with E-state index in [1.165, 1.54) is 28.7 Å². The molecule has 0 radical (unpaired) electrons. The standard InChI is InChI=1S/C24H25N7O/c1-14-8-26-23-19(14)7-16(9-27-23)15-5-17-12-31(24(32)30-18-10-28-29-11-18)13-21(17)20(6-15)22-3-2-4-25-22/h5-11,22,25H,2-4,12-13H2,1H3,(H,26,27)(H,28,29)(H,30,32)/t22-/m0/s1. The molecular formula is C24H25N7O. The van der Waals surface area contributed by atoms with Crippen LogP contribution in [0.15, 0.2) is 43.0 Å². The Labute approximate surface area is 185 Å². The Hall–Kier alpha value is -3.65. The maximum Gasteiger partial charge on any atom is 0.322 e. The number of aromatic amines is 2. The minimum absolute atomic E-state index is 0.111. The lowest BCUT2D eigenvalue weighted by molar-refractivity contribution is 0.212. The van der Waals surface area contributed by atoms with E-state index in [9.17, 15) is 4.79 Å². The van der Waals surface area contributed by atoms with Gasteiger partial charge in [0.2, 0.25) is 0 Å². The average molecular weight is 428 g/mol. The van der Waals surface area contributed by atoms with Crippen molar-refractivity contribution in [2.45, 2.75) is 38.9 Å². The first-order chi connectivity index (χ1) is 15.7. The topological polar surface area (TPSA) is 102 Å². The summed E-state index contributed by atoms with van der Waals surface area (Å²) in [5.41, 5.74) is 8.80. The molecule has 0 bridgehead atoms. The van der Waals surface area contributed by atoms with Crippen LogP contribution in [0.1, 0.15) is 41.1 Å². The van der Waals surface area contributed by atoms with E-state index in [4.69, 9.17) is 0 Å². The molecule has 5 heterocycles. The number of benzene rings is 1. The second-order valence-electron chi connectivity index (χ2n) is 8.72. The van der Waals surface area contributed by atoms with Crippen molar-refractivity contribution in [3.63, 3.8) is 0 Å². The number of urea groups is 1. The van der Waals surface area contributed by atoms with Crippen molar-refractivity contribution in [1.29, 1.82) is 0 Å². The van der Waals surface area contributed by atoms with Crippen molar-refractivity contribution in [3.8, 4) is 11.1 Å². The number of H-pyrrole nitrogens is 2. The number of fused-ring (bicyclic) bond motifs is 2. The lowest BCUT2D eigenvalue weighted by Crippen LogP contribution is -2.30. The predicted molar refractivity (Wildman–Crippen MR) is 123 cm³/mol. The number of nitrogens with one attached hydrogen (secondary N) is 4. The van der Waals surface area contributed by atoms with Crippen molar-refractivity contribution in [2.75, 3.05) is 11.9 Å². The monoisotopic (exact) mass is 427 g/mol. The summed E-state index contributed by atoms with van der Waals surface area (Å²) < 4.78 is 0. The number of hydrogen-bond donors (Lipinski definition) is 4. The third-order valence-electron chi connectivity index (χ3n) is 6.63. The number of pyridine rings is 1. The summed E-state index contributed by atoms with van der Waals surface area (Å²) in [6, 6.07) is 6.94. The van der Waals surface area contributed by atoms with E-state index in [0.717, 1.165) is 35.1 Å². The molecular weight excluding hydrogens is 402 g/mol. The van der Waals surface area contributed by atoms with Crippen molar-refractivity contribution in [1.82, 2.24) is 30.4 Å². The van der Waals surface area contributed by atoms with E-state index in [0.29, 0.717) is 24.8 Å². The second kappa shape index (κ2) is 7.49. The quantitative estimate of drug-likeness (QED) is 0.393. The number of nitrogens with zero attached hydrogens (tertiary/aromatic N) is 3. The molecule has 1 atom stereocenters. The number of aryl methyl sites for hydroxylation is 1. The molecule has 8 heteroatoms. The van der Waals surface area contributed by atoms with Gasteiger partial charge in [0, 0.05) is 48.7 Å². The van der Waals surface area contributed by atoms with Gasteiger partial charge in [-0.05, 0) is 72.3 Å². The lowest BCUT2D eigenvalue weighted by atomic mass is 9.91. The van der Waals surface area contributed by atoms with Gasteiger partial charge in [-0.25, -0.2) is 9.78 Å². The van der Waals surface area contributed by atoms with E-state index in [1.54, 1.807) is 12.4 Å². The van der Waals surface area contributed by atoms with Crippen molar-refractivity contribution >= 4 is 22.8 Å². The van der Waals surface area contributed by atoms with Crippen LogP contribution in [0.4, 0.5) is 10.5 Å². The molecule has 4 aromatic rings. The summed E-state index contributed by atoms with van der Waals surface area (Å²) in [5, 5.41) is 14.3. The summed E-state index contributed by atoms with van der Waals surface area (Å²) in [6.45, 7) is 4.33. The van der Waals surface area contributed by atoms with Crippen LogP contribution in [0.5, 0.6) is 0 Å². The minimum atomic E-state index is -0.111. The van der Waals surface area contributed by atoms with Crippen LogP contribution in [-0.4, -0.2) is 37.6 Å². The highest BCUT2D eigenvalue weighted by Crippen LogP contribution is 2.37. The van der Waals surface area contributed by atoms with Gasteiger partial charge in [-0.1, -0.05) is 0 Å². The Kier molecular flexibility index (Phi) is 4.46. The molecule has 1 aromatic carbocycles. The first-order valence-electron chi connectivity index (χ1n) is 11.0. The first-order valence-corrected chi connectivity index (χ1v) is 11.0. The summed E-state index contributed by atoms with van der Waals surface area (Å²) in [7, 11) is 0. The number of carbonyl (C=O) groups is 1. The zero-order valence-corrected chi connectivity index (χ0v) is 17.9. The lowest BCUT2D eigenvalue weighted by Gasteiger charge is -2.18. The zero-order valence-electron chi connectivity index (χ0n) is 17.9. The summed E-state index contributed by atoms with van der Waals surface area (Å²) >= 11 is 0. The van der Waals surface area contributed by atoms with E-state index < -0.39 is 0 Å². The Morgan fingerprint density at radius 2 is 2.09 bits per heavy atom. The molecule has 2 amide bonds. The molecule has 0 saturated carbocycles. The van der Waals surface area contributed by atoms with Gasteiger partial charge >= 0.3 is 6.03 Å². The fourth-order valence-electron chi connectivity index (χ4n) is 4.93. The predicted octanol–water partition coefficient (Wildman–Crippen LogP) is 4.23. The Morgan fingerprint density at radius 3 is 2.91 bits per heavy atom. The number of anilines is 1. The van der Waals surface area contributed by atoms with Gasteiger partial charge in [0.05, 0.1) is 11.9 Å². The molecule has 4 N–H and O–H groups in total. The Bertz CT molecular complexity index is 1300. The van der Waals surface area contributed by atoms with Crippen molar-refractivity contribution in [3.05, 3.63) is 65.2 Å². The third kappa shape index (κ3) is 3.23. The molecule has 32 heavy (non-hydrogen) atoms. The smallest absolute Gasteiger partial charge is 0.322 e. The van der Waals surface area contributed by atoms with Gasteiger partial charge < -0.3 is 20.5 Å². The maximum atomic E-state index is 12.9. The van der Waals surface area contributed by atoms with Crippen molar-refractivity contribution < 1.29 is 4.79 Å². The summed E-state index contributed by atoms with van der Waals surface area (Å²) in [4.78, 5) is 22.6. The van der Waals surface area contributed by atoms with Gasteiger partial charge in [-0.15, -0.1) is 0 Å². The Balaban J connectivity index is 1.38. The molecule has 2 aliphatic rings. The van der Waals surface area contributed by atoms with Crippen LogP contribution >= 0.6 is 0 Å². The summed E-state index contributed by atoms with van der Waals surface area (Å²) in [5.74, 6) is 0. The highest BCUT2D eigenvalue weighted by Gasteiger charge is 2.30. The molecule has 8 nitrogen and oxygen atoms in total. The maximum absolute atomic E-state index is 12.9. The van der Waals surface area contributed by atoms with Crippen molar-refractivity contribution in [2.24, 2.45) is 0 Å². The van der Waals surface area contributed by atoms with Crippen LogP contribution in [0.25, 0.3) is 22.2 Å². The first kappa shape index (κ1) is 19.1. The van der Waals surface area contributed by atoms with Gasteiger partial charge in [0.25, 0.3) is 0 Å². The molecule has 0 spiro atoms. The van der Waals surface area contributed by atoms with Gasteiger partial charge in [-0.3, -0.25) is 5.10 Å². The van der Waals surface area contributed by atoms with Gasteiger partial charge in [0.1, 0.15) is 5.65 Å². The van der Waals surface area contributed by atoms with Gasteiger partial charge in [-0.2, -0.15) is 5.10 Å². The van der Waals surface area contributed by atoms with Crippen LogP contribution < -0.4 is 10.6 Å². The Morgan fingerprint density at radius 1 is 1.16 bits per heavy atom. The van der Waals surface area contributed by atoms with Crippen LogP contribution in [0.2, 0.25) is 0 Å². The molecule has 2 aliphatic heterocycles. The second-order valence-corrected chi connectivity index (χ2v) is 8.72. The molecule has 3 aromatic heterocycles. The number of hydrogen-bond acceptors (Lipinski definition) is 4. The van der Waals surface area contributed by atoms with Crippen LogP contribution in [0.3, 0.4) is 0 Å². The molecule has 162 valence electrons. The third-order valence-corrected chi connectivity index (χ3v) is 6.63. The minimum Gasteiger partial charge on any atom is -0.346 e. The van der Waals surface area contributed by atoms with E-state index in [-0.39, 0.29) is 6.03 Å². The SMILES string of the molecule is Cc1c[nH]c2ncc(-c3cc4c(c([C@@H]5CCCN5)c3)CN(C(=O)Nc3cn[nH]c3)C4)cc12. The largest absolute Gasteiger partial charge is 0.346 e. The highest BCUT2D eigenvalue weighted by molar-refractivity contribution is 5.89. The van der Waals surface area contributed by atoms with E-state index in [2.05, 4.69) is 55.9 Å². The molecule has 0 unspecified atom stereocenters. The highest BCUT2D eigenvalue weighted by atomic mass is 16.2. The normalized spacial score (nSPS) is 17.8. The average Bonchev–Trinajstić information content (AvgIpc) is 3.60. The fourth-order valence-corrected chi connectivity index (χ4v) is 4.93. The van der Waals surface area contributed by atoms with Gasteiger partial charge in [0.15, 0.2) is 0 Å². The molecule has 1 fully saturated rings. The number of carbonyl (C=O) groups excluding carboxylic acids is 1. The van der Waals surface area contributed by atoms with E-state index >= 15 is 0 Å².